The second-order valence-electron chi connectivity index (χ2n) is 14.5. The number of carbonyl (C=O) groups excluding carboxylic acids is 1. The van der Waals surface area contributed by atoms with Gasteiger partial charge in [0.1, 0.15) is 24.9 Å². The van der Waals surface area contributed by atoms with E-state index >= 15 is 0 Å². The summed E-state index contributed by atoms with van der Waals surface area (Å²) in [5.41, 5.74) is 0.304. The number of carbonyl (C=O) groups is 1. The number of hydrogen-bond acceptors (Lipinski definition) is 9. The standard InChI is InChI=1S/C30H40O9/c1-13(2)27(33)34-12-28-26(38-30(39-28)19-6-15-4-17(10-19)24(32)21(30)8-15)25-22(36-28)11-35-29(37-25)18-5-14-3-16(9-18)23(31)20(29)7-14/h14-26,31-32H,1,3-12H2,2H3/t14?,15?,16?,17?,18?,19?,20?,21?,22-,23?,24?,25-,26+,28-,29?,30?/m1/s1. The number of rotatable bonds is 3. The van der Waals surface area contributed by atoms with Crippen molar-refractivity contribution in [2.45, 2.75) is 106 Å². The summed E-state index contributed by atoms with van der Waals surface area (Å²) in [6.45, 7) is 5.51. The maximum Gasteiger partial charge on any atom is 0.333 e. The predicted octanol–water partition coefficient (Wildman–Crippen LogP) is 2.28. The average molecular weight is 545 g/mol. The van der Waals surface area contributed by atoms with Crippen LogP contribution in [0.3, 0.4) is 0 Å². The Morgan fingerprint density at radius 2 is 1.51 bits per heavy atom. The molecule has 8 saturated carbocycles. The number of ether oxygens (including phenoxy) is 6. The van der Waals surface area contributed by atoms with Gasteiger partial charge in [0.25, 0.3) is 0 Å². The molecule has 3 heterocycles. The van der Waals surface area contributed by atoms with Gasteiger partial charge >= 0.3 is 5.97 Å². The first-order valence-electron chi connectivity index (χ1n) is 15.3. The first-order chi connectivity index (χ1) is 18.7. The molecule has 0 aromatic heterocycles. The molecule has 9 heteroatoms. The van der Waals surface area contributed by atoms with E-state index in [1.807, 2.05) is 0 Å². The van der Waals surface area contributed by atoms with Crippen molar-refractivity contribution in [3.8, 4) is 0 Å². The zero-order valence-corrected chi connectivity index (χ0v) is 22.5. The lowest BCUT2D eigenvalue weighted by molar-refractivity contribution is -0.419. The van der Waals surface area contributed by atoms with E-state index in [-0.39, 0.29) is 36.2 Å². The monoisotopic (exact) mass is 544 g/mol. The van der Waals surface area contributed by atoms with Crippen molar-refractivity contribution in [3.63, 3.8) is 0 Å². The molecule has 214 valence electrons. The van der Waals surface area contributed by atoms with Crippen molar-refractivity contribution in [3.05, 3.63) is 12.2 Å². The molecule has 2 spiro atoms. The van der Waals surface area contributed by atoms with E-state index in [1.165, 1.54) is 0 Å². The first kappa shape index (κ1) is 24.5. The van der Waals surface area contributed by atoms with E-state index in [1.54, 1.807) is 6.92 Å². The minimum absolute atomic E-state index is 0.0646. The molecule has 11 fully saturated rings. The molecule has 2 N–H and O–H groups in total. The summed E-state index contributed by atoms with van der Waals surface area (Å²) in [6, 6.07) is 0. The fourth-order valence-electron chi connectivity index (χ4n) is 11.1. The van der Waals surface area contributed by atoms with Crippen LogP contribution in [-0.2, 0) is 33.2 Å². The molecule has 11 rings (SSSR count). The van der Waals surface area contributed by atoms with Gasteiger partial charge < -0.3 is 38.6 Å². The second-order valence-corrected chi connectivity index (χ2v) is 14.5. The fraction of sp³-hybridized carbons (Fsp3) is 0.900. The topological polar surface area (TPSA) is 113 Å². The van der Waals surface area contributed by atoms with Gasteiger partial charge in [-0.3, -0.25) is 0 Å². The lowest BCUT2D eigenvalue weighted by atomic mass is 9.52. The Hall–Kier alpha value is -1.07. The van der Waals surface area contributed by atoms with Crippen LogP contribution in [0.4, 0.5) is 0 Å². The lowest BCUT2D eigenvalue weighted by Gasteiger charge is -2.64. The molecular weight excluding hydrogens is 504 g/mol. The summed E-state index contributed by atoms with van der Waals surface area (Å²) in [4.78, 5) is 12.5. The van der Waals surface area contributed by atoms with Crippen LogP contribution >= 0.6 is 0 Å². The van der Waals surface area contributed by atoms with E-state index < -0.39 is 53.9 Å². The summed E-state index contributed by atoms with van der Waals surface area (Å²) in [5, 5.41) is 22.6. The number of esters is 1. The molecule has 3 saturated heterocycles. The first-order valence-corrected chi connectivity index (χ1v) is 15.3. The Morgan fingerprint density at radius 1 is 0.872 bits per heavy atom. The highest BCUT2D eigenvalue weighted by Crippen LogP contribution is 2.67. The Labute approximate surface area is 228 Å². The van der Waals surface area contributed by atoms with Crippen LogP contribution in [0.2, 0.25) is 0 Å². The Bertz CT molecular complexity index is 1110. The van der Waals surface area contributed by atoms with Crippen molar-refractivity contribution in [1.29, 1.82) is 0 Å². The highest BCUT2D eigenvalue weighted by atomic mass is 16.9. The zero-order chi connectivity index (χ0) is 26.5. The number of aliphatic hydroxyl groups excluding tert-OH is 2. The molecule has 9 nitrogen and oxygen atoms in total. The Balaban J connectivity index is 1.07. The van der Waals surface area contributed by atoms with E-state index in [0.29, 0.717) is 29.9 Å². The minimum atomic E-state index is -1.35. The maximum atomic E-state index is 12.5. The fourth-order valence-corrected chi connectivity index (χ4v) is 11.1. The van der Waals surface area contributed by atoms with E-state index in [4.69, 9.17) is 28.4 Å². The van der Waals surface area contributed by atoms with Crippen molar-refractivity contribution in [2.24, 2.45) is 47.3 Å². The molecule has 39 heavy (non-hydrogen) atoms. The molecule has 0 aromatic carbocycles. The molecule has 0 radical (unpaired) electrons. The maximum absolute atomic E-state index is 12.5. The summed E-state index contributed by atoms with van der Waals surface area (Å²) >= 11 is 0. The molecular formula is C30H40O9. The van der Waals surface area contributed by atoms with Gasteiger partial charge in [-0.2, -0.15) is 0 Å². The van der Waals surface area contributed by atoms with Gasteiger partial charge in [0.15, 0.2) is 11.6 Å². The van der Waals surface area contributed by atoms with Gasteiger partial charge in [0.05, 0.1) is 18.8 Å². The van der Waals surface area contributed by atoms with Crippen LogP contribution in [0.1, 0.15) is 58.3 Å². The molecule has 11 aliphatic rings. The largest absolute Gasteiger partial charge is 0.456 e. The van der Waals surface area contributed by atoms with E-state index in [0.717, 1.165) is 51.4 Å². The van der Waals surface area contributed by atoms with Crippen LogP contribution in [-0.4, -0.2) is 77.3 Å². The molecule has 8 bridgehead atoms. The van der Waals surface area contributed by atoms with Gasteiger partial charge in [-0.1, -0.05) is 6.58 Å². The molecule has 8 aliphatic carbocycles. The number of aliphatic hydroxyl groups is 2. The smallest absolute Gasteiger partial charge is 0.333 e. The van der Waals surface area contributed by atoms with Crippen molar-refractivity contribution in [1.82, 2.24) is 0 Å². The van der Waals surface area contributed by atoms with Gasteiger partial charge in [0.2, 0.25) is 5.79 Å². The van der Waals surface area contributed by atoms with E-state index in [2.05, 4.69) is 6.58 Å². The van der Waals surface area contributed by atoms with Crippen molar-refractivity contribution in [2.75, 3.05) is 13.2 Å². The third-order valence-electron chi connectivity index (χ3n) is 12.5. The van der Waals surface area contributed by atoms with E-state index in [9.17, 15) is 15.0 Å². The summed E-state index contributed by atoms with van der Waals surface area (Å²) in [7, 11) is 0. The van der Waals surface area contributed by atoms with Gasteiger partial charge in [-0.05, 0) is 82.0 Å². The summed E-state index contributed by atoms with van der Waals surface area (Å²) < 4.78 is 39.9. The minimum Gasteiger partial charge on any atom is -0.456 e. The second kappa shape index (κ2) is 7.85. The van der Waals surface area contributed by atoms with Crippen LogP contribution in [0.15, 0.2) is 12.2 Å². The normalized spacial score (nSPS) is 61.2. The Kier molecular flexibility index (Phi) is 4.94. The third-order valence-corrected chi connectivity index (χ3v) is 12.5. The van der Waals surface area contributed by atoms with Gasteiger partial charge in [-0.15, -0.1) is 0 Å². The van der Waals surface area contributed by atoms with Crippen LogP contribution < -0.4 is 0 Å². The molecule has 12 unspecified atom stereocenters. The molecule has 16 atom stereocenters. The zero-order valence-electron chi connectivity index (χ0n) is 22.5. The SMILES string of the molecule is C=C(C)C(=O)OC[C@]12O[C@@H]3COC4(O[C@H]3[C@@H]1OC1(O2)C2CC3CC(C2)C(O)C1C3)C1CC2CC(C1)C(O)C4C2. The van der Waals surface area contributed by atoms with Crippen LogP contribution in [0.25, 0.3) is 0 Å². The van der Waals surface area contributed by atoms with Crippen molar-refractivity contribution >= 4 is 5.97 Å². The number of hydrogen-bond donors (Lipinski definition) is 2. The number of fused-ring (bicyclic) bond motifs is 3. The van der Waals surface area contributed by atoms with Gasteiger partial charge in [-0.25, -0.2) is 4.79 Å². The molecule has 3 aliphatic heterocycles. The van der Waals surface area contributed by atoms with Crippen molar-refractivity contribution < 1.29 is 43.4 Å². The predicted molar refractivity (Wildman–Crippen MR) is 132 cm³/mol. The Morgan fingerprint density at radius 3 is 2.18 bits per heavy atom. The van der Waals surface area contributed by atoms with Gasteiger partial charge in [0, 0.05) is 29.2 Å². The lowest BCUT2D eigenvalue weighted by Crippen LogP contribution is -2.70. The summed E-state index contributed by atoms with van der Waals surface area (Å²) in [6.07, 6.45) is 5.33. The quantitative estimate of drug-likeness (QED) is 0.408. The molecule has 0 amide bonds. The third kappa shape index (κ3) is 3.03. The highest BCUT2D eigenvalue weighted by Gasteiger charge is 2.77. The van der Waals surface area contributed by atoms with Crippen LogP contribution in [0.5, 0.6) is 0 Å². The highest BCUT2D eigenvalue weighted by molar-refractivity contribution is 5.86. The average Bonchev–Trinajstić information content (AvgIpc) is 3.39. The van der Waals surface area contributed by atoms with Crippen LogP contribution in [0, 0.1) is 47.3 Å². The summed E-state index contributed by atoms with van der Waals surface area (Å²) in [5.74, 6) is -1.70. The molecule has 0 aromatic rings.